The predicted molar refractivity (Wildman–Crippen MR) is 102 cm³/mol. The van der Waals surface area contributed by atoms with E-state index in [0.717, 1.165) is 29.7 Å². The average molecular weight is 366 g/mol. The van der Waals surface area contributed by atoms with Crippen molar-refractivity contribution in [3.63, 3.8) is 0 Å². The normalized spacial score (nSPS) is 15.1. The maximum absolute atomic E-state index is 12.0. The predicted octanol–water partition coefficient (Wildman–Crippen LogP) is 3.11. The fourth-order valence-electron chi connectivity index (χ4n) is 3.56. The number of H-pyrrole nitrogens is 1. The fourth-order valence-corrected chi connectivity index (χ4v) is 3.56. The van der Waals surface area contributed by atoms with Crippen LogP contribution in [0.15, 0.2) is 42.9 Å². The van der Waals surface area contributed by atoms with Crippen molar-refractivity contribution in [1.82, 2.24) is 25.1 Å². The smallest absolute Gasteiger partial charge is 0.409 e. The molecule has 0 aliphatic carbocycles. The van der Waals surface area contributed by atoms with Crippen LogP contribution in [0.1, 0.15) is 19.8 Å². The summed E-state index contributed by atoms with van der Waals surface area (Å²) < 4.78 is 5.13. The van der Waals surface area contributed by atoms with Gasteiger partial charge in [0.15, 0.2) is 5.65 Å². The summed E-state index contributed by atoms with van der Waals surface area (Å²) in [6, 6.07) is 10.4. The van der Waals surface area contributed by atoms with Gasteiger partial charge in [0.1, 0.15) is 12.1 Å². The van der Waals surface area contributed by atoms with Gasteiger partial charge in [0.25, 0.3) is 0 Å². The molecule has 0 radical (unpaired) electrons. The molecule has 0 atom stereocenters. The van der Waals surface area contributed by atoms with E-state index in [4.69, 9.17) is 4.74 Å². The first-order chi connectivity index (χ1) is 13.3. The van der Waals surface area contributed by atoms with Crippen molar-refractivity contribution in [2.75, 3.05) is 24.6 Å². The molecule has 0 unspecified atom stereocenters. The monoisotopic (exact) mass is 366 g/mol. The first kappa shape index (κ1) is 17.3. The fraction of sp³-hybridized carbons (Fsp3) is 0.368. The summed E-state index contributed by atoms with van der Waals surface area (Å²) in [6.07, 6.45) is 4.74. The zero-order valence-electron chi connectivity index (χ0n) is 15.2. The number of para-hydroxylation sites is 1. The van der Waals surface area contributed by atoms with E-state index in [1.807, 2.05) is 25.1 Å². The van der Waals surface area contributed by atoms with Gasteiger partial charge in [0, 0.05) is 24.8 Å². The van der Waals surface area contributed by atoms with Gasteiger partial charge in [-0.3, -0.25) is 5.10 Å². The van der Waals surface area contributed by atoms with E-state index in [0.29, 0.717) is 25.3 Å². The Hall–Kier alpha value is -3.16. The number of carbonyl (C=O) groups is 1. The van der Waals surface area contributed by atoms with Gasteiger partial charge in [-0.05, 0) is 31.9 Å². The number of benzene rings is 1. The summed E-state index contributed by atoms with van der Waals surface area (Å²) in [6.45, 7) is 3.54. The van der Waals surface area contributed by atoms with Crippen LogP contribution in [0.5, 0.6) is 0 Å². The van der Waals surface area contributed by atoms with Crippen molar-refractivity contribution in [2.45, 2.75) is 25.8 Å². The molecule has 27 heavy (non-hydrogen) atoms. The number of aromatic nitrogens is 4. The maximum atomic E-state index is 12.0. The lowest BCUT2D eigenvalue weighted by atomic mass is 10.0. The molecule has 8 heteroatoms. The number of nitrogens with one attached hydrogen (secondary N) is 1. The van der Waals surface area contributed by atoms with Crippen LogP contribution < -0.4 is 4.90 Å². The molecule has 1 aromatic carbocycles. The second-order valence-electron chi connectivity index (χ2n) is 6.45. The van der Waals surface area contributed by atoms with Crippen molar-refractivity contribution in [3.8, 4) is 0 Å². The van der Waals surface area contributed by atoms with Gasteiger partial charge in [-0.15, -0.1) is 0 Å². The lowest BCUT2D eigenvalue weighted by Crippen LogP contribution is -2.45. The zero-order chi connectivity index (χ0) is 18.6. The first-order valence-electron chi connectivity index (χ1n) is 9.18. The van der Waals surface area contributed by atoms with Crippen molar-refractivity contribution in [1.29, 1.82) is 0 Å². The van der Waals surface area contributed by atoms with Gasteiger partial charge >= 0.3 is 6.09 Å². The number of carbonyl (C=O) groups excluding carboxylic acids is 1. The molecule has 4 rings (SSSR count). The van der Waals surface area contributed by atoms with E-state index in [2.05, 4.69) is 37.2 Å². The Bertz CT molecular complexity index is 905. The minimum Gasteiger partial charge on any atom is -0.450 e. The number of aromatic amines is 1. The molecule has 0 bridgehead atoms. The van der Waals surface area contributed by atoms with Gasteiger partial charge < -0.3 is 14.5 Å². The van der Waals surface area contributed by atoms with E-state index in [1.165, 1.54) is 0 Å². The topological polar surface area (TPSA) is 87.2 Å². The van der Waals surface area contributed by atoms with E-state index in [9.17, 15) is 4.79 Å². The highest BCUT2D eigenvalue weighted by Gasteiger charge is 2.30. The first-order valence-corrected chi connectivity index (χ1v) is 9.18. The number of nitrogens with zero attached hydrogens (tertiary/aromatic N) is 5. The molecule has 2 aromatic heterocycles. The lowest BCUT2D eigenvalue weighted by Gasteiger charge is -2.38. The molecule has 1 N–H and O–H groups in total. The summed E-state index contributed by atoms with van der Waals surface area (Å²) in [5.41, 5.74) is 1.78. The minimum absolute atomic E-state index is 0.214. The molecule has 140 valence electrons. The summed E-state index contributed by atoms with van der Waals surface area (Å²) >= 11 is 0. The average Bonchev–Trinajstić information content (AvgIpc) is 3.19. The number of likely N-dealkylation sites (tertiary alicyclic amines) is 1. The molecule has 3 heterocycles. The van der Waals surface area contributed by atoms with E-state index in [-0.39, 0.29) is 12.1 Å². The number of rotatable bonds is 4. The third kappa shape index (κ3) is 3.42. The molecule has 3 aromatic rings. The number of anilines is 2. The summed E-state index contributed by atoms with van der Waals surface area (Å²) in [4.78, 5) is 24.8. The molecule has 8 nitrogen and oxygen atoms in total. The Morgan fingerprint density at radius 3 is 2.78 bits per heavy atom. The Morgan fingerprint density at radius 1 is 1.26 bits per heavy atom. The summed E-state index contributed by atoms with van der Waals surface area (Å²) in [5.74, 6) is 0.828. The van der Waals surface area contributed by atoms with E-state index < -0.39 is 0 Å². The van der Waals surface area contributed by atoms with Gasteiger partial charge in [-0.2, -0.15) is 5.10 Å². The Balaban J connectivity index is 1.65. The Kier molecular flexibility index (Phi) is 4.86. The highest BCUT2D eigenvalue weighted by molar-refractivity contribution is 5.89. The van der Waals surface area contributed by atoms with E-state index in [1.54, 1.807) is 17.4 Å². The summed E-state index contributed by atoms with van der Waals surface area (Å²) in [7, 11) is 0. The number of ether oxygens (including phenoxy) is 1. The molecule has 1 fully saturated rings. The molecule has 1 saturated heterocycles. The van der Waals surface area contributed by atoms with Gasteiger partial charge in [0.05, 0.1) is 18.2 Å². The lowest BCUT2D eigenvalue weighted by molar-refractivity contribution is 0.0973. The number of amides is 1. The second kappa shape index (κ2) is 7.61. The van der Waals surface area contributed by atoms with Gasteiger partial charge in [-0.25, -0.2) is 14.8 Å². The third-order valence-corrected chi connectivity index (χ3v) is 4.85. The molecular weight excluding hydrogens is 344 g/mol. The second-order valence-corrected chi connectivity index (χ2v) is 6.45. The van der Waals surface area contributed by atoms with Crippen molar-refractivity contribution in [3.05, 3.63) is 42.9 Å². The van der Waals surface area contributed by atoms with Crippen LogP contribution in [-0.2, 0) is 4.74 Å². The maximum Gasteiger partial charge on any atom is 0.409 e. The van der Waals surface area contributed by atoms with E-state index >= 15 is 0 Å². The van der Waals surface area contributed by atoms with Gasteiger partial charge in [0.2, 0.25) is 0 Å². The van der Waals surface area contributed by atoms with Crippen molar-refractivity contribution < 1.29 is 9.53 Å². The van der Waals surface area contributed by atoms with Crippen LogP contribution in [0.3, 0.4) is 0 Å². The molecular formula is C19H22N6O2. The quantitative estimate of drug-likeness (QED) is 0.763. The molecule has 1 amide bonds. The standard InChI is InChI=1S/C19H22N6O2/c1-2-27-19(26)24-10-8-15(9-11-24)25(14-6-4-3-5-7-14)18-16-12-22-23-17(16)20-13-21-18/h3-7,12-13,15H,2,8-11H2,1H3,(H,20,21,22,23). The van der Waals surface area contributed by atoms with Crippen molar-refractivity contribution >= 4 is 28.6 Å². The van der Waals surface area contributed by atoms with Crippen LogP contribution in [0, 0.1) is 0 Å². The minimum atomic E-state index is -0.235. The van der Waals surface area contributed by atoms with Crippen molar-refractivity contribution in [2.24, 2.45) is 0 Å². The van der Waals surface area contributed by atoms with Crippen LogP contribution in [-0.4, -0.2) is 56.9 Å². The SMILES string of the molecule is CCOC(=O)N1CCC(N(c2ccccc2)c2ncnc3[nH]ncc23)CC1. The molecule has 0 saturated carbocycles. The summed E-state index contributed by atoms with van der Waals surface area (Å²) in [5, 5.41) is 7.91. The highest BCUT2D eigenvalue weighted by Crippen LogP contribution is 2.34. The Labute approximate surface area is 157 Å². The molecule has 1 aliphatic rings. The number of fused-ring (bicyclic) bond motifs is 1. The molecule has 1 aliphatic heterocycles. The number of hydrogen-bond acceptors (Lipinski definition) is 6. The largest absolute Gasteiger partial charge is 0.450 e. The highest BCUT2D eigenvalue weighted by atomic mass is 16.6. The van der Waals surface area contributed by atoms with Crippen LogP contribution in [0.25, 0.3) is 11.0 Å². The van der Waals surface area contributed by atoms with Crippen LogP contribution in [0.2, 0.25) is 0 Å². The third-order valence-electron chi connectivity index (χ3n) is 4.85. The molecule has 0 spiro atoms. The van der Waals surface area contributed by atoms with Gasteiger partial charge in [-0.1, -0.05) is 18.2 Å². The Morgan fingerprint density at radius 2 is 2.04 bits per heavy atom. The van der Waals surface area contributed by atoms with Crippen LogP contribution in [0.4, 0.5) is 16.3 Å². The number of hydrogen-bond donors (Lipinski definition) is 1. The number of piperidine rings is 1. The van der Waals surface area contributed by atoms with Crippen LogP contribution >= 0.6 is 0 Å². The zero-order valence-corrected chi connectivity index (χ0v) is 15.2.